The Hall–Kier alpha value is -1.41. The van der Waals surface area contributed by atoms with E-state index < -0.39 is 0 Å². The van der Waals surface area contributed by atoms with E-state index in [1.54, 1.807) is 0 Å². The van der Waals surface area contributed by atoms with Gasteiger partial charge in [0.05, 0.1) is 10.7 Å². The first-order valence-electron chi connectivity index (χ1n) is 7.98. The molecule has 4 heterocycles. The van der Waals surface area contributed by atoms with Crippen LogP contribution in [0.4, 0.5) is 0 Å². The lowest BCUT2D eigenvalue weighted by Gasteiger charge is -2.34. The first-order chi connectivity index (χ1) is 12.1. The molecule has 0 aromatic carbocycles. The third-order valence-electron chi connectivity index (χ3n) is 4.32. The SMILES string of the molecule is O=C(c1sccc1Br)N1CCN(Cc2cn3cc(Cl)ccc3n2)CC1. The third kappa shape index (κ3) is 3.60. The first kappa shape index (κ1) is 17.0. The Kier molecular flexibility index (Phi) is 4.82. The molecule has 1 aliphatic rings. The fraction of sp³-hybridized carbons (Fsp3) is 0.294. The molecule has 4 rings (SSSR count). The van der Waals surface area contributed by atoms with E-state index in [0.717, 1.165) is 53.4 Å². The van der Waals surface area contributed by atoms with Gasteiger partial charge in [0, 0.05) is 49.6 Å². The number of piperazine rings is 1. The fourth-order valence-electron chi connectivity index (χ4n) is 3.02. The number of imidazole rings is 1. The van der Waals surface area contributed by atoms with Crippen LogP contribution in [0, 0.1) is 0 Å². The maximum Gasteiger partial charge on any atom is 0.265 e. The second-order valence-corrected chi connectivity index (χ2v) is 8.22. The Morgan fingerprint density at radius 2 is 2.00 bits per heavy atom. The highest BCUT2D eigenvalue weighted by atomic mass is 79.9. The number of pyridine rings is 1. The number of fused-ring (bicyclic) bond motifs is 1. The van der Waals surface area contributed by atoms with Crippen LogP contribution < -0.4 is 0 Å². The number of thiophene rings is 1. The summed E-state index contributed by atoms with van der Waals surface area (Å²) in [5.41, 5.74) is 1.92. The van der Waals surface area contributed by atoms with E-state index in [1.165, 1.54) is 11.3 Å². The van der Waals surface area contributed by atoms with Crippen LogP contribution in [0.1, 0.15) is 15.4 Å². The Morgan fingerprint density at radius 3 is 2.72 bits per heavy atom. The molecule has 8 heteroatoms. The zero-order valence-corrected chi connectivity index (χ0v) is 16.5. The number of hydrogen-bond donors (Lipinski definition) is 0. The van der Waals surface area contributed by atoms with Gasteiger partial charge in [-0.15, -0.1) is 11.3 Å². The summed E-state index contributed by atoms with van der Waals surface area (Å²) in [6, 6.07) is 5.69. The van der Waals surface area contributed by atoms with Crippen molar-refractivity contribution < 1.29 is 4.79 Å². The molecule has 3 aromatic heterocycles. The molecule has 0 unspecified atom stereocenters. The van der Waals surface area contributed by atoms with Gasteiger partial charge in [-0.1, -0.05) is 11.6 Å². The van der Waals surface area contributed by atoms with Gasteiger partial charge >= 0.3 is 0 Å². The Morgan fingerprint density at radius 1 is 1.20 bits per heavy atom. The summed E-state index contributed by atoms with van der Waals surface area (Å²) in [4.78, 5) is 22.2. The molecule has 0 spiro atoms. The van der Waals surface area contributed by atoms with Crippen LogP contribution in [0.25, 0.3) is 5.65 Å². The largest absolute Gasteiger partial charge is 0.335 e. The normalized spacial score (nSPS) is 15.8. The van der Waals surface area contributed by atoms with Crippen LogP contribution in [-0.4, -0.2) is 51.3 Å². The number of aromatic nitrogens is 2. The number of nitrogens with zero attached hydrogens (tertiary/aromatic N) is 4. The monoisotopic (exact) mass is 438 g/mol. The van der Waals surface area contributed by atoms with E-state index in [2.05, 4.69) is 25.8 Å². The highest BCUT2D eigenvalue weighted by molar-refractivity contribution is 9.10. The quantitative estimate of drug-likeness (QED) is 0.624. The molecule has 1 aliphatic heterocycles. The van der Waals surface area contributed by atoms with Crippen molar-refractivity contribution in [3.63, 3.8) is 0 Å². The molecule has 5 nitrogen and oxygen atoms in total. The summed E-state index contributed by atoms with van der Waals surface area (Å²) in [6.07, 6.45) is 3.88. The molecule has 0 atom stereocenters. The van der Waals surface area contributed by atoms with Crippen molar-refractivity contribution >= 4 is 50.4 Å². The second-order valence-electron chi connectivity index (χ2n) is 6.01. The minimum atomic E-state index is 0.115. The van der Waals surface area contributed by atoms with Crippen molar-refractivity contribution in [2.45, 2.75) is 6.54 Å². The Labute approximate surface area is 163 Å². The van der Waals surface area contributed by atoms with Crippen LogP contribution in [0.15, 0.2) is 40.4 Å². The molecular weight excluding hydrogens is 424 g/mol. The van der Waals surface area contributed by atoms with E-state index in [9.17, 15) is 4.79 Å². The van der Waals surface area contributed by atoms with Gasteiger partial charge in [0.2, 0.25) is 0 Å². The zero-order valence-electron chi connectivity index (χ0n) is 13.4. The number of carbonyl (C=O) groups is 1. The van der Waals surface area contributed by atoms with Crippen molar-refractivity contribution in [2.24, 2.45) is 0 Å². The van der Waals surface area contributed by atoms with Gasteiger partial charge in [-0.3, -0.25) is 9.69 Å². The second kappa shape index (κ2) is 7.07. The average molecular weight is 440 g/mol. The van der Waals surface area contributed by atoms with Gasteiger partial charge in [-0.25, -0.2) is 4.98 Å². The number of carbonyl (C=O) groups excluding carboxylic acids is 1. The summed E-state index contributed by atoms with van der Waals surface area (Å²) in [6.45, 7) is 3.96. The summed E-state index contributed by atoms with van der Waals surface area (Å²) in [5.74, 6) is 0.115. The van der Waals surface area contributed by atoms with Crippen LogP contribution in [0.2, 0.25) is 5.02 Å². The maximum atomic E-state index is 12.6. The van der Waals surface area contributed by atoms with Crippen molar-refractivity contribution in [2.75, 3.05) is 26.2 Å². The van der Waals surface area contributed by atoms with Gasteiger partial charge in [-0.05, 0) is 39.5 Å². The van der Waals surface area contributed by atoms with Crippen molar-refractivity contribution in [3.05, 3.63) is 56.0 Å². The van der Waals surface area contributed by atoms with E-state index in [0.29, 0.717) is 5.02 Å². The highest BCUT2D eigenvalue weighted by Crippen LogP contribution is 2.24. The number of amides is 1. The topological polar surface area (TPSA) is 40.9 Å². The van der Waals surface area contributed by atoms with Crippen molar-refractivity contribution in [3.8, 4) is 0 Å². The molecule has 3 aromatic rings. The molecule has 1 amide bonds. The maximum absolute atomic E-state index is 12.6. The molecule has 1 saturated heterocycles. The Balaban J connectivity index is 1.38. The highest BCUT2D eigenvalue weighted by Gasteiger charge is 2.24. The lowest BCUT2D eigenvalue weighted by molar-refractivity contribution is 0.0631. The number of halogens is 2. The van der Waals surface area contributed by atoms with E-state index in [4.69, 9.17) is 11.6 Å². The van der Waals surface area contributed by atoms with E-state index in [-0.39, 0.29) is 5.91 Å². The summed E-state index contributed by atoms with van der Waals surface area (Å²) < 4.78 is 2.83. The van der Waals surface area contributed by atoms with Crippen LogP contribution in [0.5, 0.6) is 0 Å². The molecule has 0 bridgehead atoms. The first-order valence-corrected chi connectivity index (χ1v) is 10.0. The van der Waals surface area contributed by atoms with Gasteiger partial charge in [0.15, 0.2) is 0 Å². The zero-order chi connectivity index (χ0) is 17.4. The van der Waals surface area contributed by atoms with Gasteiger partial charge in [-0.2, -0.15) is 0 Å². The van der Waals surface area contributed by atoms with Crippen LogP contribution in [-0.2, 0) is 6.54 Å². The summed E-state index contributed by atoms with van der Waals surface area (Å²) in [5, 5.41) is 2.63. The van der Waals surface area contributed by atoms with Crippen LogP contribution >= 0.6 is 38.9 Å². The Bertz CT molecular complexity index is 916. The molecule has 0 aliphatic carbocycles. The summed E-state index contributed by atoms with van der Waals surface area (Å²) in [7, 11) is 0. The molecule has 0 N–H and O–H groups in total. The van der Waals surface area contributed by atoms with Crippen molar-refractivity contribution in [1.29, 1.82) is 0 Å². The van der Waals surface area contributed by atoms with Gasteiger partial charge < -0.3 is 9.30 Å². The minimum absolute atomic E-state index is 0.115. The molecule has 25 heavy (non-hydrogen) atoms. The molecule has 1 fully saturated rings. The predicted octanol–water partition coefficient (Wildman–Crippen LogP) is 3.77. The predicted molar refractivity (Wildman–Crippen MR) is 103 cm³/mol. The van der Waals surface area contributed by atoms with Crippen molar-refractivity contribution in [1.82, 2.24) is 19.2 Å². The van der Waals surface area contributed by atoms with E-state index in [1.807, 2.05) is 45.3 Å². The summed E-state index contributed by atoms with van der Waals surface area (Å²) >= 11 is 10.9. The molecule has 0 radical (unpaired) electrons. The van der Waals surface area contributed by atoms with E-state index >= 15 is 0 Å². The smallest absolute Gasteiger partial charge is 0.265 e. The molecular formula is C17H16BrClN4OS. The standard InChI is InChI=1S/C17H16BrClN4OS/c18-14-3-8-25-16(14)17(24)22-6-4-21(5-7-22)10-13-11-23-9-12(19)1-2-15(23)20-13/h1-3,8-9,11H,4-7,10H2. The average Bonchev–Trinajstić information content (AvgIpc) is 3.20. The molecule has 0 saturated carbocycles. The number of hydrogen-bond acceptors (Lipinski definition) is 4. The third-order valence-corrected chi connectivity index (χ3v) is 6.37. The lowest BCUT2D eigenvalue weighted by atomic mass is 10.2. The van der Waals surface area contributed by atoms with Crippen LogP contribution in [0.3, 0.4) is 0 Å². The van der Waals surface area contributed by atoms with Gasteiger partial charge in [0.25, 0.3) is 5.91 Å². The fourth-order valence-corrected chi connectivity index (χ4v) is 4.70. The number of rotatable bonds is 3. The van der Waals surface area contributed by atoms with Gasteiger partial charge in [0.1, 0.15) is 10.5 Å². The minimum Gasteiger partial charge on any atom is -0.335 e. The lowest BCUT2D eigenvalue weighted by Crippen LogP contribution is -2.48. The molecule has 130 valence electrons.